The standard InChI is InChI=1S/C17H16FNO2/c1-19-10-12(16-9-13(18)3-8-17(16)19)11-21-15-6-4-14(20-2)5-7-15/h3-10H,11H2,1-2H3. The van der Waals surface area contributed by atoms with Gasteiger partial charge in [0.2, 0.25) is 0 Å². The number of aromatic nitrogens is 1. The Labute approximate surface area is 122 Å². The average molecular weight is 285 g/mol. The van der Waals surface area contributed by atoms with E-state index in [2.05, 4.69) is 0 Å². The van der Waals surface area contributed by atoms with E-state index in [0.717, 1.165) is 28.0 Å². The first-order chi connectivity index (χ1) is 10.2. The fourth-order valence-electron chi connectivity index (χ4n) is 2.39. The maximum Gasteiger partial charge on any atom is 0.123 e. The lowest BCUT2D eigenvalue weighted by Gasteiger charge is -2.06. The van der Waals surface area contributed by atoms with Crippen LogP contribution in [0.1, 0.15) is 5.56 Å². The van der Waals surface area contributed by atoms with Crippen LogP contribution in [0.15, 0.2) is 48.7 Å². The topological polar surface area (TPSA) is 23.4 Å². The van der Waals surface area contributed by atoms with Gasteiger partial charge in [-0.3, -0.25) is 0 Å². The molecule has 0 aliphatic carbocycles. The highest BCUT2D eigenvalue weighted by atomic mass is 19.1. The summed E-state index contributed by atoms with van der Waals surface area (Å²) in [4.78, 5) is 0. The van der Waals surface area contributed by atoms with E-state index in [4.69, 9.17) is 9.47 Å². The van der Waals surface area contributed by atoms with Crippen LogP contribution in [0.25, 0.3) is 10.9 Å². The van der Waals surface area contributed by atoms with Crippen LogP contribution in [-0.2, 0) is 13.7 Å². The lowest BCUT2D eigenvalue weighted by atomic mass is 10.2. The predicted molar refractivity (Wildman–Crippen MR) is 80.2 cm³/mol. The second kappa shape index (κ2) is 5.48. The molecule has 2 aromatic carbocycles. The van der Waals surface area contributed by atoms with E-state index in [1.54, 1.807) is 19.2 Å². The zero-order chi connectivity index (χ0) is 14.8. The molecule has 0 amide bonds. The zero-order valence-electron chi connectivity index (χ0n) is 12.0. The quantitative estimate of drug-likeness (QED) is 0.725. The predicted octanol–water partition coefficient (Wildman–Crippen LogP) is 3.91. The van der Waals surface area contributed by atoms with Crippen molar-refractivity contribution in [2.45, 2.75) is 6.61 Å². The zero-order valence-corrected chi connectivity index (χ0v) is 12.0. The Morgan fingerprint density at radius 3 is 2.48 bits per heavy atom. The summed E-state index contributed by atoms with van der Waals surface area (Å²) in [6.45, 7) is 0.396. The fraction of sp³-hybridized carbons (Fsp3) is 0.176. The van der Waals surface area contributed by atoms with Crippen molar-refractivity contribution < 1.29 is 13.9 Å². The minimum Gasteiger partial charge on any atom is -0.497 e. The minimum atomic E-state index is -0.237. The van der Waals surface area contributed by atoms with Crippen LogP contribution >= 0.6 is 0 Å². The molecule has 0 spiro atoms. The van der Waals surface area contributed by atoms with Crippen LogP contribution in [0.3, 0.4) is 0 Å². The molecule has 0 aliphatic rings. The number of ether oxygens (including phenoxy) is 2. The summed E-state index contributed by atoms with van der Waals surface area (Å²) in [6.07, 6.45) is 1.97. The number of benzene rings is 2. The molecule has 3 rings (SSSR count). The van der Waals surface area contributed by atoms with Crippen molar-refractivity contribution in [2.75, 3.05) is 7.11 Å². The Kier molecular flexibility index (Phi) is 3.52. The van der Waals surface area contributed by atoms with E-state index >= 15 is 0 Å². The van der Waals surface area contributed by atoms with Crippen molar-refractivity contribution in [2.24, 2.45) is 7.05 Å². The maximum atomic E-state index is 13.4. The molecule has 1 aromatic heterocycles. The van der Waals surface area contributed by atoms with Gasteiger partial charge >= 0.3 is 0 Å². The van der Waals surface area contributed by atoms with Gasteiger partial charge in [0.05, 0.1) is 7.11 Å². The number of nitrogens with zero attached hydrogens (tertiary/aromatic N) is 1. The Morgan fingerprint density at radius 2 is 1.76 bits per heavy atom. The molecule has 0 fully saturated rings. The van der Waals surface area contributed by atoms with Crippen LogP contribution in [0.4, 0.5) is 4.39 Å². The molecule has 0 bridgehead atoms. The Morgan fingerprint density at radius 1 is 1.05 bits per heavy atom. The van der Waals surface area contributed by atoms with E-state index in [1.165, 1.54) is 6.07 Å². The van der Waals surface area contributed by atoms with E-state index in [-0.39, 0.29) is 5.82 Å². The van der Waals surface area contributed by atoms with Gasteiger partial charge in [0.1, 0.15) is 23.9 Å². The first-order valence-electron chi connectivity index (χ1n) is 6.67. The van der Waals surface area contributed by atoms with Crippen LogP contribution in [0.2, 0.25) is 0 Å². The highest BCUT2D eigenvalue weighted by Gasteiger charge is 2.08. The van der Waals surface area contributed by atoms with Gasteiger partial charge in [-0.1, -0.05) is 0 Å². The third-order valence-electron chi connectivity index (χ3n) is 3.49. The summed E-state index contributed by atoms with van der Waals surface area (Å²) < 4.78 is 26.2. The van der Waals surface area contributed by atoms with E-state index in [0.29, 0.717) is 6.61 Å². The Bertz CT molecular complexity index is 762. The SMILES string of the molecule is COc1ccc(OCc2cn(C)c3ccc(F)cc23)cc1. The van der Waals surface area contributed by atoms with Crippen molar-refractivity contribution in [1.29, 1.82) is 0 Å². The van der Waals surface area contributed by atoms with Gasteiger partial charge < -0.3 is 14.0 Å². The fourth-order valence-corrected chi connectivity index (χ4v) is 2.39. The summed E-state index contributed by atoms with van der Waals surface area (Å²) in [5, 5.41) is 0.881. The molecule has 0 saturated carbocycles. The molecule has 0 N–H and O–H groups in total. The third-order valence-corrected chi connectivity index (χ3v) is 3.49. The minimum absolute atomic E-state index is 0.237. The van der Waals surface area contributed by atoms with Gasteiger partial charge in [-0.15, -0.1) is 0 Å². The maximum absolute atomic E-state index is 13.4. The van der Waals surface area contributed by atoms with Gasteiger partial charge in [-0.2, -0.15) is 0 Å². The Balaban J connectivity index is 1.82. The first kappa shape index (κ1) is 13.5. The van der Waals surface area contributed by atoms with Crippen LogP contribution in [0, 0.1) is 5.82 Å². The molecule has 0 atom stereocenters. The summed E-state index contributed by atoms with van der Waals surface area (Å²) in [5.41, 5.74) is 1.95. The molecular formula is C17H16FNO2. The van der Waals surface area contributed by atoms with Crippen molar-refractivity contribution in [3.8, 4) is 11.5 Å². The molecule has 0 unspecified atom stereocenters. The second-order valence-corrected chi connectivity index (χ2v) is 4.89. The third kappa shape index (κ3) is 2.70. The summed E-state index contributed by atoms with van der Waals surface area (Å²) in [7, 11) is 3.57. The van der Waals surface area contributed by atoms with Gasteiger partial charge in [0.15, 0.2) is 0 Å². The summed E-state index contributed by atoms with van der Waals surface area (Å²) in [5.74, 6) is 1.30. The molecule has 0 saturated heterocycles. The number of rotatable bonds is 4. The van der Waals surface area contributed by atoms with Gasteiger partial charge in [-0.25, -0.2) is 4.39 Å². The van der Waals surface area contributed by atoms with E-state index in [9.17, 15) is 4.39 Å². The van der Waals surface area contributed by atoms with Gasteiger partial charge in [0, 0.05) is 29.7 Å². The van der Waals surface area contributed by atoms with Crippen molar-refractivity contribution in [3.05, 3.63) is 60.0 Å². The van der Waals surface area contributed by atoms with Gasteiger partial charge in [0.25, 0.3) is 0 Å². The molecule has 0 aliphatic heterocycles. The van der Waals surface area contributed by atoms with Crippen LogP contribution < -0.4 is 9.47 Å². The number of aryl methyl sites for hydroxylation is 1. The molecule has 4 heteroatoms. The van der Waals surface area contributed by atoms with Crippen LogP contribution in [0.5, 0.6) is 11.5 Å². The lowest BCUT2D eigenvalue weighted by molar-refractivity contribution is 0.306. The molecular weight excluding hydrogens is 269 g/mol. The smallest absolute Gasteiger partial charge is 0.123 e. The first-order valence-corrected chi connectivity index (χ1v) is 6.67. The second-order valence-electron chi connectivity index (χ2n) is 4.89. The molecule has 108 valence electrons. The van der Waals surface area contributed by atoms with Crippen molar-refractivity contribution >= 4 is 10.9 Å². The average Bonchev–Trinajstić information content (AvgIpc) is 2.81. The normalized spacial score (nSPS) is 10.8. The molecule has 1 heterocycles. The number of fused-ring (bicyclic) bond motifs is 1. The monoisotopic (exact) mass is 285 g/mol. The Hall–Kier alpha value is -2.49. The van der Waals surface area contributed by atoms with Crippen molar-refractivity contribution in [1.82, 2.24) is 4.57 Å². The largest absolute Gasteiger partial charge is 0.497 e. The molecule has 0 radical (unpaired) electrons. The molecule has 3 nitrogen and oxygen atoms in total. The molecule has 3 aromatic rings. The summed E-state index contributed by atoms with van der Waals surface area (Å²) >= 11 is 0. The van der Waals surface area contributed by atoms with Crippen molar-refractivity contribution in [3.63, 3.8) is 0 Å². The lowest BCUT2D eigenvalue weighted by Crippen LogP contribution is -1.94. The highest BCUT2D eigenvalue weighted by Crippen LogP contribution is 2.24. The number of hydrogen-bond donors (Lipinski definition) is 0. The highest BCUT2D eigenvalue weighted by molar-refractivity contribution is 5.83. The number of halogens is 1. The number of methoxy groups -OCH3 is 1. The summed E-state index contributed by atoms with van der Waals surface area (Å²) in [6, 6.07) is 12.2. The van der Waals surface area contributed by atoms with E-state index in [1.807, 2.05) is 42.1 Å². The van der Waals surface area contributed by atoms with E-state index < -0.39 is 0 Å². The van der Waals surface area contributed by atoms with Crippen LogP contribution in [-0.4, -0.2) is 11.7 Å². The van der Waals surface area contributed by atoms with Gasteiger partial charge in [-0.05, 0) is 42.5 Å². The number of hydrogen-bond acceptors (Lipinski definition) is 2. The molecule has 21 heavy (non-hydrogen) atoms.